The van der Waals surface area contributed by atoms with Gasteiger partial charge in [0.25, 0.3) is 11.8 Å². The highest BCUT2D eigenvalue weighted by Gasteiger charge is 2.42. The molecule has 30 heavy (non-hydrogen) atoms. The Labute approximate surface area is 195 Å². The van der Waals surface area contributed by atoms with Crippen LogP contribution in [-0.2, 0) is 4.74 Å². The summed E-state index contributed by atoms with van der Waals surface area (Å²) in [5.41, 5.74) is 1.34. The van der Waals surface area contributed by atoms with Gasteiger partial charge in [0, 0.05) is 44.7 Å². The average molecular weight is 526 g/mol. The van der Waals surface area contributed by atoms with Crippen LogP contribution in [0.1, 0.15) is 53.3 Å². The molecule has 2 amide bonds. The Hall–Kier alpha value is -1.68. The van der Waals surface area contributed by atoms with Gasteiger partial charge >= 0.3 is 0 Å². The van der Waals surface area contributed by atoms with Crippen molar-refractivity contribution in [1.29, 1.82) is 0 Å². The number of likely N-dealkylation sites (tertiary alicyclic amines) is 1. The molecule has 1 atom stereocenters. The minimum Gasteiger partial charge on any atom is -0.381 e. The first-order chi connectivity index (χ1) is 14.1. The predicted octanol–water partition coefficient (Wildman–Crippen LogP) is 2.76. The zero-order chi connectivity index (χ0) is 20.3. The van der Waals surface area contributed by atoms with Gasteiger partial charge in [0.2, 0.25) is 0 Å². The number of hydrogen-bond acceptors (Lipinski definition) is 4. The topological polar surface area (TPSA) is 74.2 Å². The van der Waals surface area contributed by atoms with Crippen LogP contribution in [0, 0.1) is 5.41 Å². The summed E-state index contributed by atoms with van der Waals surface area (Å²) < 4.78 is 5.63. The molecule has 1 N–H and O–H groups in total. The van der Waals surface area contributed by atoms with Crippen molar-refractivity contribution in [2.24, 2.45) is 10.4 Å². The van der Waals surface area contributed by atoms with Crippen molar-refractivity contribution in [3.8, 4) is 0 Å². The Kier molecular flexibility index (Phi) is 7.73. The maximum Gasteiger partial charge on any atom is 0.261 e. The molecule has 1 spiro atoms. The van der Waals surface area contributed by atoms with Crippen LogP contribution < -0.4 is 5.32 Å². The summed E-state index contributed by atoms with van der Waals surface area (Å²) in [5, 5.41) is 3.41. The lowest BCUT2D eigenvalue weighted by molar-refractivity contribution is 0.0652. The smallest absolute Gasteiger partial charge is 0.261 e. The molecule has 1 aromatic carbocycles. The van der Waals surface area contributed by atoms with Gasteiger partial charge in [0.1, 0.15) is 0 Å². The largest absolute Gasteiger partial charge is 0.381 e. The second-order valence-corrected chi connectivity index (χ2v) is 8.22. The zero-order valence-corrected chi connectivity index (χ0v) is 19.9. The highest BCUT2D eigenvalue weighted by atomic mass is 127. The van der Waals surface area contributed by atoms with Gasteiger partial charge in [-0.05, 0) is 44.7 Å². The number of ether oxygens (including phenoxy) is 1. The van der Waals surface area contributed by atoms with E-state index in [0.717, 1.165) is 64.5 Å². The molecule has 1 aromatic rings. The number of rotatable bonds is 6. The van der Waals surface area contributed by atoms with Crippen LogP contribution in [0.15, 0.2) is 29.3 Å². The zero-order valence-electron chi connectivity index (χ0n) is 17.6. The van der Waals surface area contributed by atoms with Gasteiger partial charge in [0.15, 0.2) is 5.96 Å². The number of benzene rings is 1. The van der Waals surface area contributed by atoms with Crippen LogP contribution >= 0.6 is 24.0 Å². The van der Waals surface area contributed by atoms with E-state index in [1.54, 1.807) is 24.3 Å². The number of nitrogens with one attached hydrogen (secondary N) is 1. The van der Waals surface area contributed by atoms with E-state index in [0.29, 0.717) is 29.6 Å². The Morgan fingerprint density at radius 1 is 1.17 bits per heavy atom. The van der Waals surface area contributed by atoms with E-state index in [1.807, 2.05) is 0 Å². The molecule has 1 unspecified atom stereocenters. The molecule has 3 heterocycles. The van der Waals surface area contributed by atoms with Crippen molar-refractivity contribution >= 4 is 41.8 Å². The fourth-order valence-electron chi connectivity index (χ4n) is 4.52. The third-order valence-electron chi connectivity index (χ3n) is 6.19. The second kappa shape index (κ2) is 10.1. The van der Waals surface area contributed by atoms with Crippen molar-refractivity contribution in [2.45, 2.75) is 32.6 Å². The van der Waals surface area contributed by atoms with E-state index >= 15 is 0 Å². The average Bonchev–Trinajstić information content (AvgIpc) is 3.43. The van der Waals surface area contributed by atoms with Crippen molar-refractivity contribution in [3.63, 3.8) is 0 Å². The summed E-state index contributed by atoms with van der Waals surface area (Å²) >= 11 is 0. The molecule has 0 bridgehead atoms. The number of guanidine groups is 1. The van der Waals surface area contributed by atoms with Crippen LogP contribution in [-0.4, -0.2) is 73.5 Å². The summed E-state index contributed by atoms with van der Waals surface area (Å²) in [7, 11) is 0. The predicted molar refractivity (Wildman–Crippen MR) is 126 cm³/mol. The summed E-state index contributed by atoms with van der Waals surface area (Å²) in [6, 6.07) is 7.04. The third kappa shape index (κ3) is 4.64. The van der Waals surface area contributed by atoms with Crippen LogP contribution in [0.3, 0.4) is 0 Å². The lowest BCUT2D eigenvalue weighted by atomic mass is 9.87. The van der Waals surface area contributed by atoms with Gasteiger partial charge in [-0.25, -0.2) is 0 Å². The van der Waals surface area contributed by atoms with Gasteiger partial charge < -0.3 is 15.0 Å². The number of carbonyl (C=O) groups excluding carboxylic acids is 2. The van der Waals surface area contributed by atoms with E-state index in [2.05, 4.69) is 17.1 Å². The lowest BCUT2D eigenvalue weighted by Gasteiger charge is -2.25. The fraction of sp³-hybridized carbons (Fsp3) is 0.591. The number of aliphatic imine (C=N–C) groups is 1. The number of amides is 2. The number of nitrogens with zero attached hydrogens (tertiary/aromatic N) is 3. The molecule has 0 aromatic heterocycles. The SMILES string of the molecule is CCNC(=NCCCCN1C(=O)c2ccccc2C1=O)N1CCC2(CCOC2)C1.I. The molecule has 2 saturated heterocycles. The summed E-state index contributed by atoms with van der Waals surface area (Å²) in [6.45, 7) is 7.82. The van der Waals surface area contributed by atoms with E-state index in [1.165, 1.54) is 4.90 Å². The van der Waals surface area contributed by atoms with Gasteiger partial charge in [-0.15, -0.1) is 24.0 Å². The maximum atomic E-state index is 12.4. The van der Waals surface area contributed by atoms with Crippen molar-refractivity contribution < 1.29 is 14.3 Å². The van der Waals surface area contributed by atoms with Crippen LogP contribution in [0.4, 0.5) is 0 Å². The molecular weight excluding hydrogens is 495 g/mol. The third-order valence-corrected chi connectivity index (χ3v) is 6.19. The number of halogens is 1. The molecule has 2 fully saturated rings. The van der Waals surface area contributed by atoms with E-state index in [9.17, 15) is 9.59 Å². The molecule has 4 rings (SSSR count). The molecule has 3 aliphatic heterocycles. The minimum absolute atomic E-state index is 0. The molecule has 0 radical (unpaired) electrons. The second-order valence-electron chi connectivity index (χ2n) is 8.22. The maximum absolute atomic E-state index is 12.4. The van der Waals surface area contributed by atoms with Crippen molar-refractivity contribution in [2.75, 3.05) is 45.9 Å². The molecule has 7 nitrogen and oxygen atoms in total. The molecular formula is C22H31IN4O3. The molecule has 0 saturated carbocycles. The van der Waals surface area contributed by atoms with Gasteiger partial charge in [-0.1, -0.05) is 12.1 Å². The Morgan fingerprint density at radius 3 is 2.53 bits per heavy atom. The van der Waals surface area contributed by atoms with Crippen molar-refractivity contribution in [3.05, 3.63) is 35.4 Å². The molecule has 8 heteroatoms. The monoisotopic (exact) mass is 526 g/mol. The van der Waals surface area contributed by atoms with Gasteiger partial charge in [-0.3, -0.25) is 19.5 Å². The van der Waals surface area contributed by atoms with Gasteiger partial charge in [-0.2, -0.15) is 0 Å². The summed E-state index contributed by atoms with van der Waals surface area (Å²) in [6.07, 6.45) is 3.90. The number of imide groups is 1. The number of fused-ring (bicyclic) bond motifs is 1. The normalized spacial score (nSPS) is 23.3. The van der Waals surface area contributed by atoms with Crippen LogP contribution in [0.25, 0.3) is 0 Å². The number of unbranched alkanes of at least 4 members (excludes halogenated alkanes) is 1. The summed E-state index contributed by atoms with van der Waals surface area (Å²) in [4.78, 5) is 33.3. The molecule has 3 aliphatic rings. The van der Waals surface area contributed by atoms with Crippen molar-refractivity contribution in [1.82, 2.24) is 15.1 Å². The molecule has 0 aliphatic carbocycles. The quantitative estimate of drug-likeness (QED) is 0.203. The number of hydrogen-bond donors (Lipinski definition) is 1. The fourth-order valence-corrected chi connectivity index (χ4v) is 4.52. The van der Waals surface area contributed by atoms with E-state index in [4.69, 9.17) is 9.73 Å². The first kappa shape index (κ1) is 23.0. The first-order valence-corrected chi connectivity index (χ1v) is 10.7. The Bertz CT molecular complexity index is 772. The minimum atomic E-state index is -0.177. The Morgan fingerprint density at radius 2 is 1.90 bits per heavy atom. The van der Waals surface area contributed by atoms with Crippen LogP contribution in [0.2, 0.25) is 0 Å². The first-order valence-electron chi connectivity index (χ1n) is 10.7. The Balaban J connectivity index is 0.00000256. The number of carbonyl (C=O) groups is 2. The van der Waals surface area contributed by atoms with E-state index in [-0.39, 0.29) is 35.8 Å². The molecule has 164 valence electrons. The van der Waals surface area contributed by atoms with Crippen LogP contribution in [0.5, 0.6) is 0 Å². The highest BCUT2D eigenvalue weighted by Crippen LogP contribution is 2.38. The summed E-state index contributed by atoms with van der Waals surface area (Å²) in [5.74, 6) is 0.615. The van der Waals surface area contributed by atoms with E-state index < -0.39 is 0 Å². The standard InChI is InChI=1S/C22H30N4O3.HI/c1-2-23-21(25-13-9-22(15-25)10-14-29-16-22)24-11-5-6-12-26-19(27)17-7-3-4-8-18(17)20(26)28;/h3-4,7-8H,2,5-6,9-16H2,1H3,(H,23,24);1H. The lowest BCUT2D eigenvalue weighted by Crippen LogP contribution is -2.41. The van der Waals surface area contributed by atoms with Gasteiger partial charge in [0.05, 0.1) is 17.7 Å². The highest BCUT2D eigenvalue weighted by molar-refractivity contribution is 14.0.